The van der Waals surface area contributed by atoms with Crippen molar-refractivity contribution in [3.63, 3.8) is 0 Å². The minimum absolute atomic E-state index is 0.308. The van der Waals surface area contributed by atoms with Gasteiger partial charge in [-0.15, -0.1) is 0 Å². The van der Waals surface area contributed by atoms with Crippen molar-refractivity contribution in [2.24, 2.45) is 11.5 Å². The maximum atomic E-state index is 8.60. The Morgan fingerprint density at radius 2 is 1.00 bits per heavy atom. The second-order valence-electron chi connectivity index (χ2n) is 6.51. The van der Waals surface area contributed by atoms with Gasteiger partial charge in [-0.1, -0.05) is 0 Å². The van der Waals surface area contributed by atoms with E-state index in [0.717, 1.165) is 77.8 Å². The fourth-order valence-corrected chi connectivity index (χ4v) is 2.94. The number of rotatable bonds is 6. The van der Waals surface area contributed by atoms with E-state index in [-0.39, 0.29) is 0 Å². The van der Waals surface area contributed by atoms with Crippen molar-refractivity contribution in [3.8, 4) is 0 Å². The largest absolute Gasteiger partial charge is 0.396 e. The third kappa shape index (κ3) is 9.02. The van der Waals surface area contributed by atoms with Gasteiger partial charge in [0.1, 0.15) is 0 Å². The van der Waals surface area contributed by atoms with Gasteiger partial charge in [-0.3, -0.25) is 0 Å². The van der Waals surface area contributed by atoms with Crippen molar-refractivity contribution in [3.05, 3.63) is 0 Å². The molecule has 0 spiro atoms. The number of piperidine rings is 2. The van der Waals surface area contributed by atoms with E-state index in [4.69, 9.17) is 21.7 Å². The molecule has 0 aromatic rings. The fourth-order valence-electron chi connectivity index (χ4n) is 2.94. The lowest BCUT2D eigenvalue weighted by Gasteiger charge is -2.29. The Balaban J connectivity index is 0.000000220. The highest BCUT2D eigenvalue weighted by Gasteiger charge is 2.15. The third-order valence-electron chi connectivity index (χ3n) is 4.53. The highest BCUT2D eigenvalue weighted by atomic mass is 16.3. The molecule has 0 unspecified atom stereocenters. The van der Waals surface area contributed by atoms with Gasteiger partial charge in [0.25, 0.3) is 0 Å². The Bertz CT molecular complexity index is 221. The minimum Gasteiger partial charge on any atom is -0.396 e. The van der Waals surface area contributed by atoms with Crippen molar-refractivity contribution >= 4 is 0 Å². The van der Waals surface area contributed by atoms with Gasteiger partial charge >= 0.3 is 0 Å². The molecule has 0 atom stereocenters. The fraction of sp³-hybridized carbons (Fsp3) is 1.00. The Morgan fingerprint density at radius 1 is 0.682 bits per heavy atom. The van der Waals surface area contributed by atoms with Crippen LogP contribution < -0.4 is 11.5 Å². The molecule has 0 aromatic heterocycles. The monoisotopic (exact) mass is 316 g/mol. The second kappa shape index (κ2) is 12.2. The van der Waals surface area contributed by atoms with Crippen LogP contribution >= 0.6 is 0 Å². The van der Waals surface area contributed by atoms with E-state index in [9.17, 15) is 0 Å². The summed E-state index contributed by atoms with van der Waals surface area (Å²) < 4.78 is 0. The van der Waals surface area contributed by atoms with Crippen LogP contribution in [0.2, 0.25) is 0 Å². The lowest BCUT2D eigenvalue weighted by Crippen LogP contribution is -2.40. The average Bonchev–Trinajstić information content (AvgIpc) is 2.54. The molecule has 0 aliphatic carbocycles. The van der Waals surface area contributed by atoms with E-state index in [2.05, 4.69) is 9.80 Å². The zero-order valence-electron chi connectivity index (χ0n) is 14.0. The first-order chi connectivity index (χ1) is 10.7. The van der Waals surface area contributed by atoms with E-state index >= 15 is 0 Å². The predicted octanol–water partition coefficient (Wildman–Crippen LogP) is -0.416. The molecule has 0 amide bonds. The predicted molar refractivity (Wildman–Crippen MR) is 90.7 cm³/mol. The Hall–Kier alpha value is -0.240. The second-order valence-corrected chi connectivity index (χ2v) is 6.51. The van der Waals surface area contributed by atoms with Crippen molar-refractivity contribution < 1.29 is 10.2 Å². The Labute approximate surface area is 135 Å². The topological polar surface area (TPSA) is 99.0 Å². The zero-order chi connectivity index (χ0) is 16.2. The summed E-state index contributed by atoms with van der Waals surface area (Å²) in [5.74, 6) is 0. The molecule has 0 bridgehead atoms. The zero-order valence-corrected chi connectivity index (χ0v) is 14.0. The van der Waals surface area contributed by atoms with Gasteiger partial charge in [0.05, 0.1) is 0 Å². The van der Waals surface area contributed by atoms with Crippen LogP contribution in [-0.2, 0) is 0 Å². The van der Waals surface area contributed by atoms with Gasteiger partial charge in [0, 0.05) is 38.4 Å². The van der Waals surface area contributed by atoms with E-state index in [1.807, 2.05) is 0 Å². The highest BCUT2D eigenvalue weighted by Crippen LogP contribution is 2.08. The lowest BCUT2D eigenvalue weighted by molar-refractivity contribution is 0.188. The maximum absolute atomic E-state index is 8.60. The van der Waals surface area contributed by atoms with Crippen molar-refractivity contribution in [2.75, 3.05) is 52.5 Å². The van der Waals surface area contributed by atoms with Crippen LogP contribution in [0.5, 0.6) is 0 Å². The summed E-state index contributed by atoms with van der Waals surface area (Å²) in [6.45, 7) is 7.13. The molecular weight excluding hydrogens is 280 g/mol. The normalized spacial score (nSPS) is 22.4. The molecule has 2 heterocycles. The molecule has 22 heavy (non-hydrogen) atoms. The number of nitrogens with two attached hydrogens (primary N) is 2. The van der Waals surface area contributed by atoms with Crippen LogP contribution in [-0.4, -0.2) is 84.6 Å². The summed E-state index contributed by atoms with van der Waals surface area (Å²) in [6, 6.07) is 0.834. The number of aliphatic hydroxyl groups excluding tert-OH is 2. The molecule has 0 saturated carbocycles. The molecule has 6 heteroatoms. The quantitative estimate of drug-likeness (QED) is 0.531. The number of hydrogen-bond donors (Lipinski definition) is 4. The summed E-state index contributed by atoms with van der Waals surface area (Å²) in [5, 5.41) is 17.2. The van der Waals surface area contributed by atoms with E-state index in [1.165, 1.54) is 0 Å². The molecule has 6 N–H and O–H groups in total. The molecule has 0 aromatic carbocycles. The summed E-state index contributed by atoms with van der Waals surface area (Å²) >= 11 is 0. The molecule has 6 nitrogen and oxygen atoms in total. The van der Waals surface area contributed by atoms with Crippen molar-refractivity contribution in [2.45, 2.75) is 50.6 Å². The van der Waals surface area contributed by atoms with E-state index in [0.29, 0.717) is 25.3 Å². The first-order valence-corrected chi connectivity index (χ1v) is 8.83. The van der Waals surface area contributed by atoms with Gasteiger partial charge in [-0.25, -0.2) is 0 Å². The highest BCUT2D eigenvalue weighted by molar-refractivity contribution is 4.74. The molecule has 2 rings (SSSR count). The number of likely N-dealkylation sites (tertiary alicyclic amines) is 2. The van der Waals surface area contributed by atoms with Crippen LogP contribution in [0.1, 0.15) is 38.5 Å². The standard InChI is InChI=1S/2C8H18N2O/c2*9-8-2-5-10(6-3-8)4-1-7-11/h2*8,11H,1-7,9H2. The Morgan fingerprint density at radius 3 is 1.27 bits per heavy atom. The summed E-state index contributed by atoms with van der Waals surface area (Å²) in [6.07, 6.45) is 6.26. The van der Waals surface area contributed by atoms with Crippen molar-refractivity contribution in [1.82, 2.24) is 9.80 Å². The maximum Gasteiger partial charge on any atom is 0.0443 e. The van der Waals surface area contributed by atoms with E-state index < -0.39 is 0 Å². The van der Waals surface area contributed by atoms with Crippen LogP contribution in [0.25, 0.3) is 0 Å². The summed E-state index contributed by atoms with van der Waals surface area (Å²) in [5.41, 5.74) is 11.5. The molecular formula is C16H36N4O2. The molecule has 2 saturated heterocycles. The SMILES string of the molecule is NC1CCN(CCCO)CC1.NC1CCN(CCCO)CC1. The van der Waals surface area contributed by atoms with E-state index in [1.54, 1.807) is 0 Å². The van der Waals surface area contributed by atoms with Gasteiger partial charge in [-0.05, 0) is 64.7 Å². The van der Waals surface area contributed by atoms with Crippen molar-refractivity contribution in [1.29, 1.82) is 0 Å². The smallest absolute Gasteiger partial charge is 0.0443 e. The average molecular weight is 316 g/mol. The van der Waals surface area contributed by atoms with Crippen LogP contribution in [0.4, 0.5) is 0 Å². The number of hydrogen-bond acceptors (Lipinski definition) is 6. The first kappa shape index (κ1) is 19.8. The van der Waals surface area contributed by atoms with Crippen LogP contribution in [0.15, 0.2) is 0 Å². The first-order valence-electron chi connectivity index (χ1n) is 8.83. The van der Waals surface area contributed by atoms with Gasteiger partial charge < -0.3 is 31.5 Å². The summed E-state index contributed by atoms with van der Waals surface area (Å²) in [4.78, 5) is 4.75. The molecule has 2 fully saturated rings. The molecule has 0 radical (unpaired) electrons. The van der Waals surface area contributed by atoms with Gasteiger partial charge in [-0.2, -0.15) is 0 Å². The minimum atomic E-state index is 0.308. The molecule has 2 aliphatic heterocycles. The number of aliphatic hydroxyl groups is 2. The number of nitrogens with zero attached hydrogens (tertiary/aromatic N) is 2. The molecule has 132 valence electrons. The van der Waals surface area contributed by atoms with Crippen LogP contribution in [0, 0.1) is 0 Å². The van der Waals surface area contributed by atoms with Crippen LogP contribution in [0.3, 0.4) is 0 Å². The third-order valence-corrected chi connectivity index (χ3v) is 4.53. The lowest BCUT2D eigenvalue weighted by atomic mass is 10.1. The Kier molecular flexibility index (Phi) is 11.0. The summed E-state index contributed by atoms with van der Waals surface area (Å²) in [7, 11) is 0. The van der Waals surface area contributed by atoms with Gasteiger partial charge in [0.2, 0.25) is 0 Å². The molecule has 2 aliphatic rings. The van der Waals surface area contributed by atoms with Gasteiger partial charge in [0.15, 0.2) is 0 Å².